The van der Waals surface area contributed by atoms with Crippen LogP contribution in [0.15, 0.2) is 24.3 Å². The Bertz CT molecular complexity index is 431. The summed E-state index contributed by atoms with van der Waals surface area (Å²) in [6.07, 6.45) is -1.48. The SMILES string of the molecule is CC(C)C1(Cc2cccc(C(F)(F)F)c2)CCCN1. The molecule has 1 fully saturated rings. The van der Waals surface area contributed by atoms with Gasteiger partial charge in [-0.25, -0.2) is 0 Å². The molecular formula is C15H20F3N. The van der Waals surface area contributed by atoms with Crippen LogP contribution in [0.4, 0.5) is 13.2 Å². The van der Waals surface area contributed by atoms with Gasteiger partial charge in [0.1, 0.15) is 0 Å². The quantitative estimate of drug-likeness (QED) is 0.875. The predicted octanol–water partition coefficient (Wildman–Crippen LogP) is 4.03. The van der Waals surface area contributed by atoms with E-state index in [0.29, 0.717) is 12.3 Å². The van der Waals surface area contributed by atoms with Gasteiger partial charge in [-0.15, -0.1) is 0 Å². The van der Waals surface area contributed by atoms with Crippen molar-refractivity contribution in [3.63, 3.8) is 0 Å². The molecular weight excluding hydrogens is 251 g/mol. The Labute approximate surface area is 112 Å². The molecule has 1 unspecified atom stereocenters. The van der Waals surface area contributed by atoms with E-state index < -0.39 is 11.7 Å². The lowest BCUT2D eigenvalue weighted by Gasteiger charge is -2.34. The van der Waals surface area contributed by atoms with Gasteiger partial charge in [-0.05, 0) is 43.4 Å². The summed E-state index contributed by atoms with van der Waals surface area (Å²) in [5.74, 6) is 0.407. The Balaban J connectivity index is 2.23. The highest BCUT2D eigenvalue weighted by Gasteiger charge is 2.37. The highest BCUT2D eigenvalue weighted by atomic mass is 19.4. The average Bonchev–Trinajstić information content (AvgIpc) is 2.78. The third-order valence-corrected chi connectivity index (χ3v) is 4.16. The van der Waals surface area contributed by atoms with Crippen LogP contribution < -0.4 is 5.32 Å². The minimum Gasteiger partial charge on any atom is -0.311 e. The van der Waals surface area contributed by atoms with E-state index in [1.165, 1.54) is 12.1 Å². The van der Waals surface area contributed by atoms with Crippen molar-refractivity contribution >= 4 is 0 Å². The Morgan fingerprint density at radius 3 is 2.58 bits per heavy atom. The van der Waals surface area contributed by atoms with Crippen LogP contribution in [0.5, 0.6) is 0 Å². The summed E-state index contributed by atoms with van der Waals surface area (Å²) in [4.78, 5) is 0. The van der Waals surface area contributed by atoms with Gasteiger partial charge in [0.15, 0.2) is 0 Å². The van der Waals surface area contributed by atoms with Gasteiger partial charge < -0.3 is 5.32 Å². The van der Waals surface area contributed by atoms with Gasteiger partial charge >= 0.3 is 6.18 Å². The van der Waals surface area contributed by atoms with E-state index >= 15 is 0 Å². The van der Waals surface area contributed by atoms with Crippen LogP contribution in [0.3, 0.4) is 0 Å². The standard InChI is InChI=1S/C15H20F3N/c1-11(2)14(7-4-8-19-14)10-12-5-3-6-13(9-12)15(16,17)18/h3,5-6,9,11,19H,4,7-8,10H2,1-2H3. The van der Waals surface area contributed by atoms with E-state index in [2.05, 4.69) is 19.2 Å². The fourth-order valence-corrected chi connectivity index (χ4v) is 2.90. The number of nitrogens with one attached hydrogen (secondary N) is 1. The first kappa shape index (κ1) is 14.4. The summed E-state index contributed by atoms with van der Waals surface area (Å²) < 4.78 is 38.2. The molecule has 19 heavy (non-hydrogen) atoms. The van der Waals surface area contributed by atoms with Gasteiger partial charge in [0.2, 0.25) is 0 Å². The zero-order valence-electron chi connectivity index (χ0n) is 11.3. The van der Waals surface area contributed by atoms with Crippen molar-refractivity contribution in [2.24, 2.45) is 5.92 Å². The Kier molecular flexibility index (Phi) is 3.90. The van der Waals surface area contributed by atoms with Gasteiger partial charge in [0.05, 0.1) is 5.56 Å². The van der Waals surface area contributed by atoms with Gasteiger partial charge in [-0.3, -0.25) is 0 Å². The first-order valence-electron chi connectivity index (χ1n) is 6.75. The van der Waals surface area contributed by atoms with Crippen molar-refractivity contribution in [2.75, 3.05) is 6.54 Å². The maximum absolute atomic E-state index is 12.7. The summed E-state index contributed by atoms with van der Waals surface area (Å²) in [7, 11) is 0. The Morgan fingerprint density at radius 1 is 1.32 bits per heavy atom. The van der Waals surface area contributed by atoms with Crippen molar-refractivity contribution in [3.05, 3.63) is 35.4 Å². The van der Waals surface area contributed by atoms with Gasteiger partial charge in [0.25, 0.3) is 0 Å². The minimum atomic E-state index is -4.26. The van der Waals surface area contributed by atoms with E-state index in [4.69, 9.17) is 0 Å². The number of halogens is 3. The molecule has 1 nitrogen and oxygen atoms in total. The fourth-order valence-electron chi connectivity index (χ4n) is 2.90. The molecule has 1 heterocycles. The lowest BCUT2D eigenvalue weighted by atomic mass is 9.79. The lowest BCUT2D eigenvalue weighted by molar-refractivity contribution is -0.137. The van der Waals surface area contributed by atoms with Crippen molar-refractivity contribution in [1.29, 1.82) is 0 Å². The van der Waals surface area contributed by atoms with E-state index in [1.807, 2.05) is 0 Å². The molecule has 1 N–H and O–H groups in total. The second-order valence-electron chi connectivity index (χ2n) is 5.72. The number of alkyl halides is 3. The Morgan fingerprint density at radius 2 is 2.05 bits per heavy atom. The highest BCUT2D eigenvalue weighted by Crippen LogP contribution is 2.34. The zero-order valence-corrected chi connectivity index (χ0v) is 11.3. The molecule has 1 aromatic carbocycles. The zero-order chi connectivity index (χ0) is 14.1. The number of hydrogen-bond donors (Lipinski definition) is 1. The van der Waals surface area contributed by atoms with Gasteiger partial charge in [0, 0.05) is 5.54 Å². The molecule has 1 saturated heterocycles. The fraction of sp³-hybridized carbons (Fsp3) is 0.600. The molecule has 1 aromatic rings. The number of rotatable bonds is 3. The first-order chi connectivity index (χ1) is 8.83. The molecule has 0 spiro atoms. The molecule has 106 valence electrons. The van der Waals surface area contributed by atoms with Crippen LogP contribution in [0.25, 0.3) is 0 Å². The van der Waals surface area contributed by atoms with Crippen LogP contribution in [0, 0.1) is 5.92 Å². The monoisotopic (exact) mass is 271 g/mol. The summed E-state index contributed by atoms with van der Waals surface area (Å²) in [6.45, 7) is 5.22. The molecule has 0 bridgehead atoms. The van der Waals surface area contributed by atoms with Crippen molar-refractivity contribution in [2.45, 2.75) is 44.8 Å². The number of hydrogen-bond acceptors (Lipinski definition) is 1. The van der Waals surface area contributed by atoms with Crippen molar-refractivity contribution < 1.29 is 13.2 Å². The average molecular weight is 271 g/mol. The maximum Gasteiger partial charge on any atom is 0.416 e. The summed E-state index contributed by atoms with van der Waals surface area (Å²) >= 11 is 0. The summed E-state index contributed by atoms with van der Waals surface area (Å²) in [6, 6.07) is 5.71. The predicted molar refractivity (Wildman–Crippen MR) is 70.0 cm³/mol. The third-order valence-electron chi connectivity index (χ3n) is 4.16. The smallest absolute Gasteiger partial charge is 0.311 e. The second-order valence-corrected chi connectivity index (χ2v) is 5.72. The highest BCUT2D eigenvalue weighted by molar-refractivity contribution is 5.27. The molecule has 1 aliphatic heterocycles. The molecule has 1 aliphatic rings. The van der Waals surface area contributed by atoms with Crippen LogP contribution in [-0.4, -0.2) is 12.1 Å². The lowest BCUT2D eigenvalue weighted by Crippen LogP contribution is -2.46. The van der Waals surface area contributed by atoms with E-state index in [0.717, 1.165) is 31.0 Å². The normalized spacial score (nSPS) is 24.1. The van der Waals surface area contributed by atoms with Crippen LogP contribution in [0.1, 0.15) is 37.8 Å². The molecule has 1 atom stereocenters. The topological polar surface area (TPSA) is 12.0 Å². The molecule has 0 saturated carbocycles. The molecule has 0 aromatic heterocycles. The molecule has 0 amide bonds. The second kappa shape index (κ2) is 5.16. The van der Waals surface area contributed by atoms with Crippen molar-refractivity contribution in [1.82, 2.24) is 5.32 Å². The van der Waals surface area contributed by atoms with Crippen molar-refractivity contribution in [3.8, 4) is 0 Å². The summed E-state index contributed by atoms with van der Waals surface area (Å²) in [5, 5.41) is 3.49. The molecule has 0 aliphatic carbocycles. The summed E-state index contributed by atoms with van der Waals surface area (Å²) in [5.41, 5.74) is 0.157. The minimum absolute atomic E-state index is 0.0514. The molecule has 4 heteroatoms. The maximum atomic E-state index is 12.7. The van der Waals surface area contributed by atoms with Gasteiger partial charge in [-0.1, -0.05) is 32.0 Å². The molecule has 2 rings (SSSR count). The number of benzene rings is 1. The van der Waals surface area contributed by atoms with Crippen LogP contribution in [-0.2, 0) is 12.6 Å². The van der Waals surface area contributed by atoms with E-state index in [1.54, 1.807) is 6.07 Å². The molecule has 0 radical (unpaired) electrons. The van der Waals surface area contributed by atoms with Gasteiger partial charge in [-0.2, -0.15) is 13.2 Å². The first-order valence-corrected chi connectivity index (χ1v) is 6.75. The largest absolute Gasteiger partial charge is 0.416 e. The van der Waals surface area contributed by atoms with Crippen LogP contribution >= 0.6 is 0 Å². The van der Waals surface area contributed by atoms with E-state index in [-0.39, 0.29) is 5.54 Å². The van der Waals surface area contributed by atoms with E-state index in [9.17, 15) is 13.2 Å². The van der Waals surface area contributed by atoms with Crippen LogP contribution in [0.2, 0.25) is 0 Å². The third kappa shape index (κ3) is 3.11. The Hall–Kier alpha value is -1.03.